The van der Waals surface area contributed by atoms with Crippen molar-refractivity contribution < 1.29 is 9.47 Å². The molecular formula is C28H26ClN5O2S. The molecule has 1 aliphatic heterocycles. The van der Waals surface area contributed by atoms with E-state index < -0.39 is 0 Å². The number of anilines is 2. The van der Waals surface area contributed by atoms with E-state index in [0.29, 0.717) is 17.4 Å². The number of hydrogen-bond acceptors (Lipinski definition) is 8. The minimum absolute atomic E-state index is 0.356. The Hall–Kier alpha value is -3.30. The van der Waals surface area contributed by atoms with Crippen molar-refractivity contribution >= 4 is 54.7 Å². The lowest BCUT2D eigenvalue weighted by atomic mass is 10.1. The SMILES string of the molecule is Clc1cc(Nc2ncnc3sc4cc(CCN5CCOCC5)ccc4c23)ccc1OCc1ccccn1. The second kappa shape index (κ2) is 11.0. The first-order valence-corrected chi connectivity index (χ1v) is 13.5. The fourth-order valence-corrected chi connectivity index (χ4v) is 5.82. The summed E-state index contributed by atoms with van der Waals surface area (Å²) in [6, 6.07) is 18.1. The highest BCUT2D eigenvalue weighted by molar-refractivity contribution is 7.25. The molecule has 0 radical (unpaired) electrons. The van der Waals surface area contributed by atoms with Crippen molar-refractivity contribution in [2.24, 2.45) is 0 Å². The van der Waals surface area contributed by atoms with Crippen LogP contribution in [0.25, 0.3) is 20.3 Å². The van der Waals surface area contributed by atoms with Crippen LogP contribution in [0.15, 0.2) is 67.1 Å². The van der Waals surface area contributed by atoms with E-state index in [9.17, 15) is 0 Å². The minimum atomic E-state index is 0.356. The lowest BCUT2D eigenvalue weighted by Crippen LogP contribution is -2.37. The van der Waals surface area contributed by atoms with Crippen LogP contribution < -0.4 is 10.1 Å². The molecule has 0 unspecified atom stereocenters. The molecule has 4 heterocycles. The molecule has 9 heteroatoms. The number of nitrogens with one attached hydrogen (secondary N) is 1. The number of benzene rings is 2. The zero-order valence-corrected chi connectivity index (χ0v) is 21.8. The van der Waals surface area contributed by atoms with Gasteiger partial charge in [0.2, 0.25) is 0 Å². The largest absolute Gasteiger partial charge is 0.486 e. The molecule has 0 bridgehead atoms. The molecule has 5 aromatic rings. The molecule has 1 aliphatic rings. The summed E-state index contributed by atoms with van der Waals surface area (Å²) >= 11 is 8.23. The predicted octanol–water partition coefficient (Wildman–Crippen LogP) is 6.09. The standard InChI is InChI=1S/C28H26ClN5O2S/c29-23-16-20(5-7-24(23)36-17-21-3-1-2-9-30-21)33-27-26-22-6-4-19(8-10-34-11-13-35-14-12-34)15-25(22)37-28(26)32-18-31-27/h1-7,9,15-16,18H,8,10-14,17H2,(H,31,32,33). The molecule has 37 heavy (non-hydrogen) atoms. The van der Waals surface area contributed by atoms with Crippen LogP contribution in [0.1, 0.15) is 11.3 Å². The van der Waals surface area contributed by atoms with Gasteiger partial charge in [-0.05, 0) is 48.4 Å². The fraction of sp³-hybridized carbons (Fsp3) is 0.250. The van der Waals surface area contributed by atoms with E-state index in [4.69, 9.17) is 21.1 Å². The monoisotopic (exact) mass is 531 g/mol. The van der Waals surface area contributed by atoms with Crippen LogP contribution in [0.4, 0.5) is 11.5 Å². The Bertz CT molecular complexity index is 1520. The summed E-state index contributed by atoms with van der Waals surface area (Å²) in [5, 5.41) is 6.13. The van der Waals surface area contributed by atoms with E-state index in [1.807, 2.05) is 36.4 Å². The smallest absolute Gasteiger partial charge is 0.143 e. The highest BCUT2D eigenvalue weighted by Crippen LogP contribution is 2.38. The Labute approximate surface area is 224 Å². The second-order valence-corrected chi connectivity index (χ2v) is 10.4. The lowest BCUT2D eigenvalue weighted by Gasteiger charge is -2.26. The summed E-state index contributed by atoms with van der Waals surface area (Å²) < 4.78 is 12.5. The first-order chi connectivity index (χ1) is 18.2. The number of fused-ring (bicyclic) bond motifs is 3. The highest BCUT2D eigenvalue weighted by atomic mass is 35.5. The minimum Gasteiger partial charge on any atom is -0.486 e. The van der Waals surface area contributed by atoms with Crippen LogP contribution in [0.5, 0.6) is 5.75 Å². The van der Waals surface area contributed by atoms with Gasteiger partial charge in [0.05, 0.1) is 29.3 Å². The van der Waals surface area contributed by atoms with E-state index in [1.165, 1.54) is 10.3 Å². The molecule has 0 spiro atoms. The van der Waals surface area contributed by atoms with Crippen LogP contribution in [-0.4, -0.2) is 52.7 Å². The van der Waals surface area contributed by atoms with Crippen LogP contribution in [-0.2, 0) is 17.8 Å². The number of thiophene rings is 1. The molecule has 0 aliphatic carbocycles. The van der Waals surface area contributed by atoms with Gasteiger partial charge in [-0.25, -0.2) is 9.97 Å². The van der Waals surface area contributed by atoms with E-state index in [0.717, 1.165) is 72.1 Å². The summed E-state index contributed by atoms with van der Waals surface area (Å²) in [6.45, 7) is 5.09. The Morgan fingerprint density at radius 2 is 1.95 bits per heavy atom. The van der Waals surface area contributed by atoms with Crippen LogP contribution in [0.3, 0.4) is 0 Å². The van der Waals surface area contributed by atoms with Gasteiger partial charge in [0, 0.05) is 41.6 Å². The molecule has 1 fully saturated rings. The van der Waals surface area contributed by atoms with E-state index in [2.05, 4.69) is 43.4 Å². The van der Waals surface area contributed by atoms with E-state index >= 15 is 0 Å². The first-order valence-electron chi connectivity index (χ1n) is 12.3. The molecule has 7 nitrogen and oxygen atoms in total. The van der Waals surface area contributed by atoms with Gasteiger partial charge >= 0.3 is 0 Å². The average Bonchev–Trinajstić information content (AvgIpc) is 3.31. The van der Waals surface area contributed by atoms with Gasteiger partial charge in [0.15, 0.2) is 0 Å². The van der Waals surface area contributed by atoms with Gasteiger partial charge in [-0.15, -0.1) is 11.3 Å². The third kappa shape index (κ3) is 5.52. The average molecular weight is 532 g/mol. The molecular weight excluding hydrogens is 506 g/mol. The zero-order chi connectivity index (χ0) is 25.0. The summed E-state index contributed by atoms with van der Waals surface area (Å²) in [5.41, 5.74) is 3.01. The predicted molar refractivity (Wildman–Crippen MR) is 149 cm³/mol. The van der Waals surface area contributed by atoms with E-state index in [-0.39, 0.29) is 0 Å². The second-order valence-electron chi connectivity index (χ2n) is 8.92. The topological polar surface area (TPSA) is 72.4 Å². The number of rotatable bonds is 8. The Balaban J connectivity index is 1.20. The maximum Gasteiger partial charge on any atom is 0.143 e. The summed E-state index contributed by atoms with van der Waals surface area (Å²) in [5.74, 6) is 1.37. The number of morpholine rings is 1. The van der Waals surface area contributed by atoms with Crippen LogP contribution in [0, 0.1) is 0 Å². The number of aromatic nitrogens is 3. The summed E-state index contributed by atoms with van der Waals surface area (Å²) in [7, 11) is 0. The molecule has 0 saturated carbocycles. The molecule has 0 atom stereocenters. The van der Waals surface area contributed by atoms with Crippen molar-refractivity contribution in [1.29, 1.82) is 0 Å². The third-order valence-electron chi connectivity index (χ3n) is 6.45. The molecule has 1 saturated heterocycles. The normalized spacial score (nSPS) is 14.3. The number of nitrogens with zero attached hydrogens (tertiary/aromatic N) is 4. The number of pyridine rings is 1. The molecule has 188 valence electrons. The number of halogens is 1. The van der Waals surface area contributed by atoms with Crippen molar-refractivity contribution in [2.75, 3.05) is 38.2 Å². The van der Waals surface area contributed by atoms with Crippen molar-refractivity contribution in [1.82, 2.24) is 19.9 Å². The first kappa shape index (κ1) is 24.1. The van der Waals surface area contributed by atoms with Gasteiger partial charge in [0.1, 0.15) is 29.3 Å². The number of hydrogen-bond donors (Lipinski definition) is 1. The van der Waals surface area contributed by atoms with Crippen LogP contribution in [0.2, 0.25) is 5.02 Å². The van der Waals surface area contributed by atoms with Crippen LogP contribution >= 0.6 is 22.9 Å². The van der Waals surface area contributed by atoms with Gasteiger partial charge < -0.3 is 14.8 Å². The lowest BCUT2D eigenvalue weighted by molar-refractivity contribution is 0.0384. The molecule has 6 rings (SSSR count). The summed E-state index contributed by atoms with van der Waals surface area (Å²) in [4.78, 5) is 16.8. The van der Waals surface area contributed by atoms with Crippen molar-refractivity contribution in [3.05, 3.63) is 83.4 Å². The maximum atomic E-state index is 6.53. The Morgan fingerprint density at radius 1 is 1.03 bits per heavy atom. The van der Waals surface area contributed by atoms with Gasteiger partial charge in [-0.3, -0.25) is 9.88 Å². The molecule has 3 aromatic heterocycles. The highest BCUT2D eigenvalue weighted by Gasteiger charge is 2.15. The number of ether oxygens (including phenoxy) is 2. The third-order valence-corrected chi connectivity index (χ3v) is 7.81. The van der Waals surface area contributed by atoms with E-state index in [1.54, 1.807) is 23.9 Å². The quantitative estimate of drug-likeness (QED) is 0.260. The molecule has 2 aromatic carbocycles. The molecule has 1 N–H and O–H groups in total. The maximum absolute atomic E-state index is 6.53. The van der Waals surface area contributed by atoms with Crippen molar-refractivity contribution in [3.8, 4) is 5.75 Å². The zero-order valence-electron chi connectivity index (χ0n) is 20.2. The van der Waals surface area contributed by atoms with Crippen molar-refractivity contribution in [3.63, 3.8) is 0 Å². The molecule has 0 amide bonds. The fourth-order valence-electron chi connectivity index (χ4n) is 4.48. The van der Waals surface area contributed by atoms with Gasteiger partial charge in [-0.2, -0.15) is 0 Å². The van der Waals surface area contributed by atoms with Gasteiger partial charge in [-0.1, -0.05) is 29.8 Å². The Kier molecular flexibility index (Phi) is 7.14. The summed E-state index contributed by atoms with van der Waals surface area (Å²) in [6.07, 6.45) is 4.37. The van der Waals surface area contributed by atoms with Crippen molar-refractivity contribution in [2.45, 2.75) is 13.0 Å². The van der Waals surface area contributed by atoms with Gasteiger partial charge in [0.25, 0.3) is 0 Å². The Morgan fingerprint density at radius 3 is 2.78 bits per heavy atom.